The Labute approximate surface area is 99.9 Å². The zero-order chi connectivity index (χ0) is 10.8. The molecule has 0 bridgehead atoms. The van der Waals surface area contributed by atoms with Crippen LogP contribution in [0.1, 0.15) is 25.7 Å². The zero-order valence-electron chi connectivity index (χ0n) is 8.50. The molecule has 1 aliphatic carbocycles. The van der Waals surface area contributed by atoms with Crippen molar-refractivity contribution in [1.82, 2.24) is 4.72 Å². The number of alkyl halides is 2. The van der Waals surface area contributed by atoms with Gasteiger partial charge in [-0.2, -0.15) is 0 Å². The molecule has 1 rings (SSSR count). The van der Waals surface area contributed by atoms with Crippen LogP contribution in [0.5, 0.6) is 0 Å². The molecule has 0 aliphatic heterocycles. The van der Waals surface area contributed by atoms with Gasteiger partial charge in [0, 0.05) is 19.4 Å². The fourth-order valence-corrected chi connectivity index (χ4v) is 2.11. The Kier molecular flexibility index (Phi) is 5.72. The predicted molar refractivity (Wildman–Crippen MR) is 44.6 cm³/mol. The van der Waals surface area contributed by atoms with Gasteiger partial charge in [0.05, 0.1) is 0 Å². The molecule has 4 nitrogen and oxygen atoms in total. The molecule has 1 unspecified atom stereocenters. The molecule has 1 atom stereocenters. The topological polar surface area (TPSA) is 69.2 Å². The second-order valence-corrected chi connectivity index (χ2v) is 4.82. The van der Waals surface area contributed by atoms with Crippen LogP contribution < -0.4 is 23.6 Å². The van der Waals surface area contributed by atoms with Crippen molar-refractivity contribution in [3.8, 4) is 0 Å². The van der Waals surface area contributed by atoms with Gasteiger partial charge in [0.1, 0.15) is 0 Å². The second kappa shape index (κ2) is 5.59. The van der Waals surface area contributed by atoms with E-state index in [9.17, 15) is 21.8 Å². The fourth-order valence-electron chi connectivity index (χ4n) is 1.67. The van der Waals surface area contributed by atoms with Gasteiger partial charge in [-0.15, -0.1) is 0 Å². The first-order valence-electron chi connectivity index (χ1n) is 4.37. The van der Waals surface area contributed by atoms with Crippen LogP contribution in [-0.4, -0.2) is 25.4 Å². The Morgan fingerprint density at radius 3 is 2.53 bits per heavy atom. The van der Waals surface area contributed by atoms with E-state index in [1.54, 1.807) is 4.72 Å². The van der Waals surface area contributed by atoms with Crippen molar-refractivity contribution in [2.75, 3.05) is 6.54 Å². The van der Waals surface area contributed by atoms with Gasteiger partial charge in [0.2, 0.25) is 5.92 Å². The Hall–Kier alpha value is 0.327. The number of hydrogen-bond acceptors (Lipinski definition) is 3. The molecule has 0 heterocycles. The zero-order valence-corrected chi connectivity index (χ0v) is 9.32. The summed E-state index contributed by atoms with van der Waals surface area (Å²) in [6, 6.07) is 0. The Morgan fingerprint density at radius 2 is 2.07 bits per heavy atom. The molecule has 0 saturated heterocycles. The summed E-state index contributed by atoms with van der Waals surface area (Å²) < 4.78 is 57.9. The summed E-state index contributed by atoms with van der Waals surface area (Å²) >= 11 is 0. The summed E-state index contributed by atoms with van der Waals surface area (Å²) in [5.74, 6) is -3.14. The fraction of sp³-hybridized carbons (Fsp3) is 1.00. The first-order chi connectivity index (χ1) is 6.29. The van der Waals surface area contributed by atoms with E-state index in [0.29, 0.717) is 12.8 Å². The molecule has 0 aromatic heterocycles. The molecule has 1 fully saturated rings. The average Bonchev–Trinajstić information content (AvgIpc) is 1.98. The van der Waals surface area contributed by atoms with E-state index < -0.39 is 22.1 Å². The SMILES string of the molecule is O=S(=O)([O-])NCC1CCCC(F)(F)C1.[Li+]. The van der Waals surface area contributed by atoms with Gasteiger partial charge >= 0.3 is 18.9 Å². The summed E-state index contributed by atoms with van der Waals surface area (Å²) in [7, 11) is -4.51. The molecule has 0 aromatic carbocycles. The molecule has 0 aromatic rings. The van der Waals surface area contributed by atoms with Crippen molar-refractivity contribution in [2.45, 2.75) is 31.6 Å². The van der Waals surface area contributed by atoms with E-state index >= 15 is 0 Å². The number of halogens is 2. The van der Waals surface area contributed by atoms with E-state index in [1.807, 2.05) is 0 Å². The van der Waals surface area contributed by atoms with E-state index in [4.69, 9.17) is 0 Å². The van der Waals surface area contributed by atoms with Crippen molar-refractivity contribution in [2.24, 2.45) is 5.92 Å². The minimum atomic E-state index is -4.51. The minimum Gasteiger partial charge on any atom is -0.735 e. The molecule has 1 aliphatic rings. The number of rotatable bonds is 3. The quantitative estimate of drug-likeness (QED) is 0.448. The van der Waals surface area contributed by atoms with Gasteiger partial charge in [-0.05, 0) is 18.8 Å². The van der Waals surface area contributed by atoms with Gasteiger partial charge in [-0.3, -0.25) is 0 Å². The predicted octanol–water partition coefficient (Wildman–Crippen LogP) is -2.13. The maximum atomic E-state index is 12.8. The van der Waals surface area contributed by atoms with Crippen molar-refractivity contribution in [3.63, 3.8) is 0 Å². The van der Waals surface area contributed by atoms with Gasteiger partial charge < -0.3 is 4.55 Å². The standard InChI is InChI=1S/C7H13F2NO3S.Li/c8-7(9)3-1-2-6(4-7)5-10-14(11,12)13;/h6,10H,1-5H2,(H,11,12,13);/q;+1/p-1. The van der Waals surface area contributed by atoms with Crippen LogP contribution >= 0.6 is 0 Å². The molecule has 84 valence electrons. The smallest absolute Gasteiger partial charge is 0.735 e. The molecule has 0 spiro atoms. The molecule has 15 heavy (non-hydrogen) atoms. The van der Waals surface area contributed by atoms with Crippen LogP contribution in [0.4, 0.5) is 8.78 Å². The summed E-state index contributed by atoms with van der Waals surface area (Å²) in [5, 5.41) is 0. The molecular weight excluding hydrogens is 223 g/mol. The van der Waals surface area contributed by atoms with E-state index in [1.165, 1.54) is 0 Å². The van der Waals surface area contributed by atoms with Crippen LogP contribution in [0.25, 0.3) is 0 Å². The minimum absolute atomic E-state index is 0. The van der Waals surface area contributed by atoms with Gasteiger partial charge in [0.15, 0.2) is 10.3 Å². The van der Waals surface area contributed by atoms with Crippen LogP contribution in [0.3, 0.4) is 0 Å². The molecular formula is C7H12F2LiNO3S. The first-order valence-corrected chi connectivity index (χ1v) is 5.78. The number of hydrogen-bond donors (Lipinski definition) is 1. The Bertz CT molecular complexity index is 297. The molecule has 0 amide bonds. The maximum absolute atomic E-state index is 12.8. The van der Waals surface area contributed by atoms with Crippen LogP contribution in [-0.2, 0) is 10.3 Å². The van der Waals surface area contributed by atoms with Crippen LogP contribution in [0.2, 0.25) is 0 Å². The molecule has 8 heteroatoms. The third-order valence-electron chi connectivity index (χ3n) is 2.29. The van der Waals surface area contributed by atoms with Crippen molar-refractivity contribution in [1.29, 1.82) is 0 Å². The largest absolute Gasteiger partial charge is 1.00 e. The monoisotopic (exact) mass is 235 g/mol. The van der Waals surface area contributed by atoms with Gasteiger partial charge in [-0.25, -0.2) is 21.9 Å². The first kappa shape index (κ1) is 15.3. The summed E-state index contributed by atoms with van der Waals surface area (Å²) in [4.78, 5) is 0. The Morgan fingerprint density at radius 1 is 1.47 bits per heavy atom. The summed E-state index contributed by atoms with van der Waals surface area (Å²) in [5.41, 5.74) is 0. The van der Waals surface area contributed by atoms with Gasteiger partial charge in [-0.1, -0.05) is 0 Å². The molecule has 1 saturated carbocycles. The molecule has 0 radical (unpaired) electrons. The van der Waals surface area contributed by atoms with E-state index in [-0.39, 0.29) is 38.2 Å². The van der Waals surface area contributed by atoms with Crippen molar-refractivity contribution >= 4 is 10.3 Å². The number of nitrogens with one attached hydrogen (secondary N) is 1. The molecule has 1 N–H and O–H groups in total. The Balaban J connectivity index is 0.00000196. The normalized spacial score (nSPS) is 25.7. The van der Waals surface area contributed by atoms with E-state index in [2.05, 4.69) is 0 Å². The van der Waals surface area contributed by atoms with Crippen molar-refractivity contribution in [3.05, 3.63) is 0 Å². The van der Waals surface area contributed by atoms with Crippen LogP contribution in [0, 0.1) is 5.92 Å². The second-order valence-electron chi connectivity index (χ2n) is 3.62. The maximum Gasteiger partial charge on any atom is 1.00 e. The summed E-state index contributed by atoms with van der Waals surface area (Å²) in [6.07, 6.45) is 0.430. The summed E-state index contributed by atoms with van der Waals surface area (Å²) in [6.45, 7) is -0.179. The third-order valence-corrected chi connectivity index (χ3v) is 2.81. The van der Waals surface area contributed by atoms with Gasteiger partial charge in [0.25, 0.3) is 0 Å². The van der Waals surface area contributed by atoms with Crippen LogP contribution in [0.15, 0.2) is 0 Å². The average molecular weight is 235 g/mol. The third kappa shape index (κ3) is 6.48. The van der Waals surface area contributed by atoms with Crippen molar-refractivity contribution < 1.29 is 40.6 Å². The van der Waals surface area contributed by atoms with E-state index in [0.717, 1.165) is 0 Å².